The van der Waals surface area contributed by atoms with E-state index in [1.54, 1.807) is 11.2 Å². The predicted octanol–water partition coefficient (Wildman–Crippen LogP) is 4.41. The van der Waals surface area contributed by atoms with Crippen LogP contribution in [0.3, 0.4) is 0 Å². The lowest BCUT2D eigenvalue weighted by atomic mass is 9.73. The van der Waals surface area contributed by atoms with Gasteiger partial charge in [-0.1, -0.05) is 24.3 Å². The van der Waals surface area contributed by atoms with Gasteiger partial charge in [0.05, 0.1) is 12.8 Å². The summed E-state index contributed by atoms with van der Waals surface area (Å²) in [7, 11) is 3.71. The molecule has 0 saturated carbocycles. The van der Waals surface area contributed by atoms with E-state index in [9.17, 15) is 18.0 Å². The molecule has 4 rings (SSSR count). The fourth-order valence-electron chi connectivity index (χ4n) is 4.84. The second kappa shape index (κ2) is 9.99. The Kier molecular flexibility index (Phi) is 7.51. The highest BCUT2D eigenvalue weighted by Crippen LogP contribution is 2.52. The van der Waals surface area contributed by atoms with Crippen molar-refractivity contribution in [3.05, 3.63) is 59.5 Å². The number of nitrogens with zero attached hydrogens (tertiary/aromatic N) is 2. The maximum absolute atomic E-state index is 12.3. The molecule has 2 heterocycles. The summed E-state index contributed by atoms with van der Waals surface area (Å²) in [6, 6.07) is 12.8. The van der Waals surface area contributed by atoms with Gasteiger partial charge in [-0.25, -0.2) is 4.79 Å². The number of hydrogen-bond donors (Lipinski definition) is 1. The second-order valence-corrected chi connectivity index (χ2v) is 8.92. The number of carbonyl (C=O) groups excluding carboxylic acids is 1. The zero-order valence-electron chi connectivity index (χ0n) is 18.8. The van der Waals surface area contributed by atoms with E-state index in [1.165, 1.54) is 11.1 Å². The minimum Gasteiger partial charge on any atom is -0.475 e. The van der Waals surface area contributed by atoms with Gasteiger partial charge in [-0.3, -0.25) is 9.69 Å². The number of benzene rings is 1. The van der Waals surface area contributed by atoms with Crippen molar-refractivity contribution in [2.45, 2.75) is 49.7 Å². The lowest BCUT2D eigenvalue weighted by molar-refractivity contribution is -0.192. The van der Waals surface area contributed by atoms with Crippen molar-refractivity contribution in [3.63, 3.8) is 0 Å². The molecular formula is C24H29F3N2O4. The summed E-state index contributed by atoms with van der Waals surface area (Å²) < 4.78 is 37.2. The topological polar surface area (TPSA) is 74.0 Å². The largest absolute Gasteiger partial charge is 0.490 e. The Balaban J connectivity index is 0.000000383. The van der Waals surface area contributed by atoms with Crippen molar-refractivity contribution in [2.75, 3.05) is 27.2 Å². The first kappa shape index (κ1) is 24.8. The van der Waals surface area contributed by atoms with Gasteiger partial charge < -0.3 is 14.4 Å². The number of carbonyl (C=O) groups is 2. The van der Waals surface area contributed by atoms with Gasteiger partial charge in [0.25, 0.3) is 0 Å². The zero-order valence-corrected chi connectivity index (χ0v) is 18.8. The number of fused-ring (bicyclic) bond motifs is 2. The van der Waals surface area contributed by atoms with Crippen LogP contribution in [0.2, 0.25) is 0 Å². The van der Waals surface area contributed by atoms with E-state index in [0.717, 1.165) is 44.7 Å². The monoisotopic (exact) mass is 466 g/mol. The van der Waals surface area contributed by atoms with Crippen molar-refractivity contribution in [2.24, 2.45) is 0 Å². The molecule has 1 aliphatic heterocycles. The van der Waals surface area contributed by atoms with Crippen LogP contribution in [0.4, 0.5) is 13.2 Å². The zero-order chi connectivity index (χ0) is 24.2. The van der Waals surface area contributed by atoms with Crippen LogP contribution in [-0.2, 0) is 21.5 Å². The molecule has 1 saturated heterocycles. The Labute approximate surface area is 191 Å². The molecule has 0 bridgehead atoms. The van der Waals surface area contributed by atoms with Crippen molar-refractivity contribution in [1.82, 2.24) is 9.80 Å². The van der Waals surface area contributed by atoms with Crippen LogP contribution >= 0.6 is 0 Å². The standard InChI is InChI=1S/C22H28N2O2.C2HF3O2/c1-23(2)21(25)14-17-15-22(20-8-4-3-7-19(17)20)9-11-24(12-10-22)16-18-6-5-13-26-18;3-2(4,5)1(6)7/h3-8,13,17H,9-12,14-16H2,1-2H3;(H,6,7). The highest BCUT2D eigenvalue weighted by molar-refractivity contribution is 5.77. The maximum atomic E-state index is 12.3. The molecule has 1 N–H and O–H groups in total. The van der Waals surface area contributed by atoms with Gasteiger partial charge >= 0.3 is 12.1 Å². The minimum absolute atomic E-state index is 0.233. The van der Waals surface area contributed by atoms with Crippen molar-refractivity contribution in [3.8, 4) is 0 Å². The van der Waals surface area contributed by atoms with Crippen LogP contribution in [0, 0.1) is 0 Å². The van der Waals surface area contributed by atoms with Crippen LogP contribution in [0.25, 0.3) is 0 Å². The normalized spacial score (nSPS) is 19.5. The lowest BCUT2D eigenvalue weighted by Crippen LogP contribution is -2.41. The van der Waals surface area contributed by atoms with Gasteiger partial charge in [0.15, 0.2) is 0 Å². The predicted molar refractivity (Wildman–Crippen MR) is 116 cm³/mol. The molecule has 0 radical (unpaired) electrons. The van der Waals surface area contributed by atoms with Gasteiger partial charge in [-0.15, -0.1) is 0 Å². The molecule has 1 aromatic heterocycles. The molecule has 1 atom stereocenters. The molecule has 33 heavy (non-hydrogen) atoms. The van der Waals surface area contributed by atoms with Crippen molar-refractivity contribution >= 4 is 11.9 Å². The SMILES string of the molecule is CN(C)C(=O)CC1CC2(CCN(Cc3ccco3)CC2)c2ccccc21.O=C(O)C(F)(F)F. The minimum atomic E-state index is -5.08. The van der Waals surface area contributed by atoms with Crippen LogP contribution in [0.1, 0.15) is 48.5 Å². The number of hydrogen-bond acceptors (Lipinski definition) is 4. The number of halogens is 3. The van der Waals surface area contributed by atoms with Crippen molar-refractivity contribution < 1.29 is 32.3 Å². The third kappa shape index (κ3) is 5.96. The maximum Gasteiger partial charge on any atom is 0.490 e. The van der Waals surface area contributed by atoms with Crippen molar-refractivity contribution in [1.29, 1.82) is 0 Å². The summed E-state index contributed by atoms with van der Waals surface area (Å²) in [4.78, 5) is 25.4. The van der Waals surface area contributed by atoms with Gasteiger partial charge in [0, 0.05) is 20.5 Å². The Bertz CT molecular complexity index is 949. The van der Waals surface area contributed by atoms with E-state index < -0.39 is 12.1 Å². The Morgan fingerprint density at radius 3 is 2.33 bits per heavy atom. The quantitative estimate of drug-likeness (QED) is 0.723. The molecule has 1 spiro atoms. The molecule has 2 aromatic rings. The average Bonchev–Trinajstić information content (AvgIpc) is 3.37. The molecule has 2 aliphatic rings. The first-order chi connectivity index (χ1) is 15.5. The second-order valence-electron chi connectivity index (χ2n) is 8.92. The van der Waals surface area contributed by atoms with Crippen LogP contribution in [0.5, 0.6) is 0 Å². The van der Waals surface area contributed by atoms with E-state index >= 15 is 0 Å². The van der Waals surface area contributed by atoms with Gasteiger partial charge in [-0.2, -0.15) is 13.2 Å². The Morgan fingerprint density at radius 2 is 1.79 bits per heavy atom. The summed E-state index contributed by atoms with van der Waals surface area (Å²) in [5.74, 6) is -1.12. The molecule has 9 heteroatoms. The molecule has 1 fully saturated rings. The average molecular weight is 467 g/mol. The van der Waals surface area contributed by atoms with Crippen LogP contribution in [0.15, 0.2) is 47.1 Å². The summed E-state index contributed by atoms with van der Waals surface area (Å²) >= 11 is 0. The number of carboxylic acid groups (broad SMARTS) is 1. The third-order valence-electron chi connectivity index (χ3n) is 6.54. The van der Waals surface area contributed by atoms with E-state index in [1.807, 2.05) is 20.2 Å². The summed E-state index contributed by atoms with van der Waals surface area (Å²) in [6.07, 6.45) is 0.734. The Hall–Kier alpha value is -2.81. The number of rotatable bonds is 4. The third-order valence-corrected chi connectivity index (χ3v) is 6.54. The fraction of sp³-hybridized carbons (Fsp3) is 0.500. The highest BCUT2D eigenvalue weighted by atomic mass is 19.4. The smallest absolute Gasteiger partial charge is 0.475 e. The first-order valence-electron chi connectivity index (χ1n) is 10.9. The number of amides is 1. The fourth-order valence-corrected chi connectivity index (χ4v) is 4.84. The number of likely N-dealkylation sites (tertiary alicyclic amines) is 1. The van der Waals surface area contributed by atoms with Gasteiger partial charge in [0.1, 0.15) is 5.76 Å². The summed E-state index contributed by atoms with van der Waals surface area (Å²) in [6.45, 7) is 3.07. The molecule has 1 aromatic carbocycles. The molecule has 180 valence electrons. The molecule has 1 aliphatic carbocycles. The number of carboxylic acids is 1. The summed E-state index contributed by atoms with van der Waals surface area (Å²) in [5.41, 5.74) is 3.14. The number of aliphatic carboxylic acids is 1. The first-order valence-corrected chi connectivity index (χ1v) is 10.9. The van der Waals surface area contributed by atoms with E-state index in [4.69, 9.17) is 14.3 Å². The van der Waals surface area contributed by atoms with Gasteiger partial charge in [0.2, 0.25) is 5.91 Å². The number of furan rings is 1. The molecule has 1 amide bonds. The van der Waals surface area contributed by atoms with Gasteiger partial charge in [-0.05, 0) is 66.9 Å². The molecule has 6 nitrogen and oxygen atoms in total. The molecule has 1 unspecified atom stereocenters. The van der Waals surface area contributed by atoms with Crippen LogP contribution < -0.4 is 0 Å². The Morgan fingerprint density at radius 1 is 1.15 bits per heavy atom. The molecular weight excluding hydrogens is 437 g/mol. The van der Waals surface area contributed by atoms with E-state index in [-0.39, 0.29) is 11.3 Å². The lowest BCUT2D eigenvalue weighted by Gasteiger charge is -2.40. The van der Waals surface area contributed by atoms with E-state index in [2.05, 4.69) is 35.2 Å². The summed E-state index contributed by atoms with van der Waals surface area (Å²) in [5, 5.41) is 7.12. The number of alkyl halides is 3. The van der Waals surface area contributed by atoms with E-state index in [0.29, 0.717) is 12.3 Å². The van der Waals surface area contributed by atoms with Crippen LogP contribution in [-0.4, -0.2) is 60.1 Å². The highest BCUT2D eigenvalue weighted by Gasteiger charge is 2.45. The number of piperidine rings is 1.